The highest BCUT2D eigenvalue weighted by Crippen LogP contribution is 2.18. The minimum Gasteiger partial charge on any atom is -0.338 e. The van der Waals surface area contributed by atoms with Gasteiger partial charge in [-0.2, -0.15) is 0 Å². The molecule has 132 valence electrons. The van der Waals surface area contributed by atoms with Crippen LogP contribution in [0.15, 0.2) is 24.3 Å². The highest BCUT2D eigenvalue weighted by atomic mass is 16.2. The molecular weight excluding hydrogens is 302 g/mol. The van der Waals surface area contributed by atoms with Gasteiger partial charge in [-0.1, -0.05) is 32.9 Å². The average molecular weight is 331 g/mol. The molecule has 3 amide bonds. The van der Waals surface area contributed by atoms with Gasteiger partial charge in [-0.3, -0.25) is 4.79 Å². The van der Waals surface area contributed by atoms with Crippen LogP contribution < -0.4 is 10.6 Å². The SMILES string of the molecule is CCCNC(=O)NC1CCN(C(=O)c2ccc(C(C)C)cc2)CC1. The molecule has 1 aliphatic heterocycles. The van der Waals surface area contributed by atoms with E-state index in [0.29, 0.717) is 25.6 Å². The van der Waals surface area contributed by atoms with Crippen LogP contribution in [0.4, 0.5) is 4.79 Å². The van der Waals surface area contributed by atoms with Crippen LogP contribution in [0.5, 0.6) is 0 Å². The summed E-state index contributed by atoms with van der Waals surface area (Å²) in [5, 5.41) is 5.81. The van der Waals surface area contributed by atoms with Crippen LogP contribution in [0.2, 0.25) is 0 Å². The summed E-state index contributed by atoms with van der Waals surface area (Å²) < 4.78 is 0. The minimum atomic E-state index is -0.106. The van der Waals surface area contributed by atoms with E-state index in [-0.39, 0.29) is 18.0 Å². The molecule has 0 atom stereocenters. The van der Waals surface area contributed by atoms with Crippen molar-refractivity contribution in [3.63, 3.8) is 0 Å². The van der Waals surface area contributed by atoms with Gasteiger partial charge in [0.1, 0.15) is 0 Å². The van der Waals surface area contributed by atoms with Gasteiger partial charge in [0.15, 0.2) is 0 Å². The summed E-state index contributed by atoms with van der Waals surface area (Å²) in [5.74, 6) is 0.550. The van der Waals surface area contributed by atoms with Crippen molar-refractivity contribution in [2.24, 2.45) is 0 Å². The molecule has 1 aliphatic rings. The largest absolute Gasteiger partial charge is 0.338 e. The second-order valence-electron chi connectivity index (χ2n) is 6.74. The summed E-state index contributed by atoms with van der Waals surface area (Å²) >= 11 is 0. The highest BCUT2D eigenvalue weighted by Gasteiger charge is 2.24. The molecule has 1 aromatic rings. The summed E-state index contributed by atoms with van der Waals surface area (Å²) in [5.41, 5.74) is 1.99. The summed E-state index contributed by atoms with van der Waals surface area (Å²) in [6, 6.07) is 7.94. The van der Waals surface area contributed by atoms with Gasteiger partial charge >= 0.3 is 6.03 Å². The Bertz CT molecular complexity index is 546. The topological polar surface area (TPSA) is 61.4 Å². The monoisotopic (exact) mass is 331 g/mol. The minimum absolute atomic E-state index is 0.0826. The van der Waals surface area contributed by atoms with E-state index in [0.717, 1.165) is 24.8 Å². The lowest BCUT2D eigenvalue weighted by molar-refractivity contribution is 0.0708. The van der Waals surface area contributed by atoms with Crippen LogP contribution in [-0.4, -0.2) is 42.5 Å². The molecule has 1 heterocycles. The van der Waals surface area contributed by atoms with Crippen LogP contribution >= 0.6 is 0 Å². The normalized spacial score (nSPS) is 15.4. The predicted octanol–water partition coefficient (Wildman–Crippen LogP) is 3.12. The van der Waals surface area contributed by atoms with Gasteiger partial charge in [-0.15, -0.1) is 0 Å². The van der Waals surface area contributed by atoms with E-state index in [9.17, 15) is 9.59 Å². The molecule has 0 spiro atoms. The number of benzene rings is 1. The lowest BCUT2D eigenvalue weighted by Gasteiger charge is -2.32. The zero-order chi connectivity index (χ0) is 17.5. The fourth-order valence-corrected chi connectivity index (χ4v) is 2.90. The molecule has 1 saturated heterocycles. The third-order valence-electron chi connectivity index (χ3n) is 4.48. The number of nitrogens with zero attached hydrogens (tertiary/aromatic N) is 1. The molecule has 0 aliphatic carbocycles. The first-order valence-electron chi connectivity index (χ1n) is 8.94. The van der Waals surface area contributed by atoms with Gasteiger partial charge in [0.25, 0.3) is 5.91 Å². The first kappa shape index (κ1) is 18.3. The van der Waals surface area contributed by atoms with Crippen LogP contribution in [-0.2, 0) is 0 Å². The zero-order valence-electron chi connectivity index (χ0n) is 15.0. The Morgan fingerprint density at radius 2 is 1.79 bits per heavy atom. The summed E-state index contributed by atoms with van der Waals surface area (Å²) in [6.07, 6.45) is 2.53. The average Bonchev–Trinajstić information content (AvgIpc) is 2.60. The van der Waals surface area contributed by atoms with Gasteiger partial charge in [-0.25, -0.2) is 4.79 Å². The molecule has 0 saturated carbocycles. The lowest BCUT2D eigenvalue weighted by Crippen LogP contribution is -2.49. The van der Waals surface area contributed by atoms with E-state index in [1.807, 2.05) is 36.1 Å². The van der Waals surface area contributed by atoms with E-state index in [1.54, 1.807) is 0 Å². The van der Waals surface area contributed by atoms with Crippen molar-refractivity contribution in [2.75, 3.05) is 19.6 Å². The Kier molecular flexibility index (Phi) is 6.64. The fraction of sp³-hybridized carbons (Fsp3) is 0.579. The first-order valence-corrected chi connectivity index (χ1v) is 8.94. The third kappa shape index (κ3) is 4.98. The summed E-state index contributed by atoms with van der Waals surface area (Å²) in [4.78, 5) is 26.1. The molecule has 2 rings (SSSR count). The van der Waals surface area contributed by atoms with E-state index in [4.69, 9.17) is 0 Å². The van der Waals surface area contributed by atoms with Crippen LogP contribution in [0.25, 0.3) is 0 Å². The Hall–Kier alpha value is -2.04. The number of likely N-dealkylation sites (tertiary alicyclic amines) is 1. The fourth-order valence-electron chi connectivity index (χ4n) is 2.90. The molecule has 1 aromatic carbocycles. The quantitative estimate of drug-likeness (QED) is 0.871. The van der Waals surface area contributed by atoms with Gasteiger partial charge < -0.3 is 15.5 Å². The van der Waals surface area contributed by atoms with Crippen molar-refractivity contribution in [1.29, 1.82) is 0 Å². The van der Waals surface area contributed by atoms with E-state index in [1.165, 1.54) is 5.56 Å². The standard InChI is InChI=1S/C19H29N3O2/c1-4-11-20-19(24)21-17-9-12-22(13-10-17)18(23)16-7-5-15(6-8-16)14(2)3/h5-8,14,17H,4,9-13H2,1-3H3,(H2,20,21,24). The molecule has 0 bridgehead atoms. The van der Waals surface area contributed by atoms with E-state index >= 15 is 0 Å². The molecule has 24 heavy (non-hydrogen) atoms. The van der Waals surface area contributed by atoms with Gasteiger partial charge in [0, 0.05) is 31.2 Å². The number of nitrogens with one attached hydrogen (secondary N) is 2. The number of hydrogen-bond donors (Lipinski definition) is 2. The molecule has 0 unspecified atom stereocenters. The van der Waals surface area contributed by atoms with E-state index in [2.05, 4.69) is 24.5 Å². The maximum absolute atomic E-state index is 12.6. The van der Waals surface area contributed by atoms with Crippen LogP contribution in [0, 0.1) is 0 Å². The molecule has 1 fully saturated rings. The van der Waals surface area contributed by atoms with Crippen LogP contribution in [0.3, 0.4) is 0 Å². The predicted molar refractivity (Wildman–Crippen MR) is 96.3 cm³/mol. The second-order valence-corrected chi connectivity index (χ2v) is 6.74. The zero-order valence-corrected chi connectivity index (χ0v) is 15.0. The first-order chi connectivity index (χ1) is 11.5. The van der Waals surface area contributed by atoms with Crippen molar-refractivity contribution < 1.29 is 9.59 Å². The summed E-state index contributed by atoms with van der Waals surface area (Å²) in [7, 11) is 0. The molecule has 5 heteroatoms. The number of carbonyl (C=O) groups excluding carboxylic acids is 2. The van der Waals surface area contributed by atoms with Crippen LogP contribution in [0.1, 0.15) is 61.9 Å². The van der Waals surface area contributed by atoms with Crippen molar-refractivity contribution in [3.8, 4) is 0 Å². The van der Waals surface area contributed by atoms with E-state index < -0.39 is 0 Å². The number of piperidine rings is 1. The Morgan fingerprint density at radius 3 is 2.33 bits per heavy atom. The number of amides is 3. The highest BCUT2D eigenvalue weighted by molar-refractivity contribution is 5.94. The van der Waals surface area contributed by atoms with Gasteiger partial charge in [0.05, 0.1) is 0 Å². The molecule has 0 radical (unpaired) electrons. The molecular formula is C19H29N3O2. The maximum atomic E-state index is 12.6. The second kappa shape index (κ2) is 8.71. The Morgan fingerprint density at radius 1 is 1.17 bits per heavy atom. The lowest BCUT2D eigenvalue weighted by atomic mass is 10.0. The van der Waals surface area contributed by atoms with Crippen molar-refractivity contribution in [2.45, 2.75) is 52.0 Å². The number of rotatable bonds is 5. The third-order valence-corrected chi connectivity index (χ3v) is 4.48. The smallest absolute Gasteiger partial charge is 0.315 e. The van der Waals surface area contributed by atoms with Gasteiger partial charge in [-0.05, 0) is 42.9 Å². The number of urea groups is 1. The molecule has 5 nitrogen and oxygen atoms in total. The number of hydrogen-bond acceptors (Lipinski definition) is 2. The van der Waals surface area contributed by atoms with Crippen molar-refractivity contribution in [1.82, 2.24) is 15.5 Å². The summed E-state index contributed by atoms with van der Waals surface area (Å²) in [6.45, 7) is 8.37. The number of carbonyl (C=O) groups is 2. The van der Waals surface area contributed by atoms with Crippen molar-refractivity contribution >= 4 is 11.9 Å². The Balaban J connectivity index is 1.83. The molecule has 2 N–H and O–H groups in total. The maximum Gasteiger partial charge on any atom is 0.315 e. The Labute approximate surface area is 144 Å². The van der Waals surface area contributed by atoms with Crippen molar-refractivity contribution in [3.05, 3.63) is 35.4 Å². The van der Waals surface area contributed by atoms with Gasteiger partial charge in [0.2, 0.25) is 0 Å². The molecule has 0 aromatic heterocycles.